The Bertz CT molecular complexity index is 832. The van der Waals surface area contributed by atoms with Gasteiger partial charge in [-0.3, -0.25) is 14.4 Å². The van der Waals surface area contributed by atoms with Gasteiger partial charge in [-0.15, -0.1) is 0 Å². The van der Waals surface area contributed by atoms with Crippen LogP contribution in [0.3, 0.4) is 0 Å². The molecule has 0 radical (unpaired) electrons. The summed E-state index contributed by atoms with van der Waals surface area (Å²) in [6, 6.07) is 0. The van der Waals surface area contributed by atoms with Crippen LogP contribution >= 0.6 is 0 Å². The fourth-order valence-corrected chi connectivity index (χ4v) is 7.72. The number of carbonyl (C=O) groups is 3. The second-order valence-electron chi connectivity index (χ2n) is 10.9. The van der Waals surface area contributed by atoms with E-state index >= 15 is 0 Å². The zero-order chi connectivity index (χ0) is 23.7. The molecular weight excluding hydrogens is 400 g/mol. The minimum atomic E-state index is -1.42. The predicted octanol–water partition coefficient (Wildman–Crippen LogP) is 2.28. The number of ether oxygens (including phenoxy) is 2. The lowest BCUT2D eigenvalue weighted by Gasteiger charge is -2.69. The zero-order valence-corrected chi connectivity index (χ0v) is 19.7. The van der Waals surface area contributed by atoms with Gasteiger partial charge in [-0.05, 0) is 31.1 Å². The van der Waals surface area contributed by atoms with Crippen LogP contribution in [-0.2, 0) is 23.9 Å². The number of carbonyl (C=O) groups excluding carboxylic acids is 3. The number of esters is 2. The summed E-state index contributed by atoms with van der Waals surface area (Å²) >= 11 is 0. The van der Waals surface area contributed by atoms with Gasteiger partial charge in [0.25, 0.3) is 0 Å². The molecule has 0 aromatic carbocycles. The molecule has 0 heterocycles. The van der Waals surface area contributed by atoms with E-state index in [-0.39, 0.29) is 11.7 Å². The van der Waals surface area contributed by atoms with E-state index in [1.54, 1.807) is 13.8 Å². The van der Waals surface area contributed by atoms with E-state index in [1.165, 1.54) is 14.2 Å². The standard InChI is InChI=1S/C24H36O7/c1-12-11-13-22(4)10-9-14(25)21(2,3)16(22)15(26)18(27)24(13,6)17(19(28)30-7)23(12,5)20(29)31-8/h13,15-18,26-27H,1,9-11H2,2-8H3/t13-,15-,16+,17-,18+,22-,23+,24-/m1/s1. The molecule has 0 spiro atoms. The highest BCUT2D eigenvalue weighted by molar-refractivity contribution is 5.89. The van der Waals surface area contributed by atoms with Crippen LogP contribution in [0.1, 0.15) is 53.9 Å². The molecule has 3 fully saturated rings. The Morgan fingerprint density at radius 3 is 2.16 bits per heavy atom. The first kappa shape index (κ1) is 23.9. The number of methoxy groups -OCH3 is 2. The summed E-state index contributed by atoms with van der Waals surface area (Å²) in [7, 11) is 2.50. The third-order valence-electron chi connectivity index (χ3n) is 9.38. The molecule has 174 valence electrons. The third-order valence-corrected chi connectivity index (χ3v) is 9.38. The average Bonchev–Trinajstić information content (AvgIpc) is 2.71. The lowest BCUT2D eigenvalue weighted by Crippen LogP contribution is -2.73. The summed E-state index contributed by atoms with van der Waals surface area (Å²) in [6.45, 7) is 13.2. The SMILES string of the molecule is C=C1C[C@@H]2[C@@]3(C)CCC(=O)C(C)(C)[C@@H]3[C@@H](O)[C@H](O)[C@@]2(C)[C@H](C(=O)OC)[C@@]1(C)C(=O)OC. The van der Waals surface area contributed by atoms with Crippen molar-refractivity contribution in [2.24, 2.45) is 39.4 Å². The summed E-state index contributed by atoms with van der Waals surface area (Å²) in [6.07, 6.45) is -1.33. The molecule has 8 atom stereocenters. The molecule has 7 heteroatoms. The van der Waals surface area contributed by atoms with Gasteiger partial charge in [0.1, 0.15) is 5.78 Å². The molecule has 31 heavy (non-hydrogen) atoms. The molecule has 3 saturated carbocycles. The molecule has 0 aliphatic heterocycles. The largest absolute Gasteiger partial charge is 0.469 e. The highest BCUT2D eigenvalue weighted by atomic mass is 16.5. The van der Waals surface area contributed by atoms with Crippen LogP contribution in [0, 0.1) is 39.4 Å². The molecule has 0 amide bonds. The first-order chi connectivity index (χ1) is 14.2. The van der Waals surface area contributed by atoms with E-state index in [0.717, 1.165) is 0 Å². The molecule has 0 unspecified atom stereocenters. The van der Waals surface area contributed by atoms with Gasteiger partial charge in [0.05, 0.1) is 37.8 Å². The number of aliphatic hydroxyl groups is 2. The summed E-state index contributed by atoms with van der Waals surface area (Å²) in [5.74, 6) is -3.12. The van der Waals surface area contributed by atoms with E-state index < -0.39 is 57.6 Å². The van der Waals surface area contributed by atoms with Crippen LogP contribution in [-0.4, -0.2) is 54.4 Å². The summed E-state index contributed by atoms with van der Waals surface area (Å²) < 4.78 is 10.2. The van der Waals surface area contributed by atoms with E-state index in [2.05, 4.69) is 6.58 Å². The monoisotopic (exact) mass is 436 g/mol. The van der Waals surface area contributed by atoms with E-state index in [9.17, 15) is 24.6 Å². The van der Waals surface area contributed by atoms with Gasteiger partial charge in [0.15, 0.2) is 0 Å². The van der Waals surface area contributed by atoms with Crippen molar-refractivity contribution in [3.63, 3.8) is 0 Å². The first-order valence-corrected chi connectivity index (χ1v) is 10.9. The van der Waals surface area contributed by atoms with Crippen LogP contribution < -0.4 is 0 Å². The highest BCUT2D eigenvalue weighted by Crippen LogP contribution is 2.71. The maximum absolute atomic E-state index is 13.2. The third kappa shape index (κ3) is 2.75. The lowest BCUT2D eigenvalue weighted by atomic mass is 9.35. The van der Waals surface area contributed by atoms with E-state index in [0.29, 0.717) is 24.8 Å². The molecular formula is C24H36O7. The van der Waals surface area contributed by atoms with Crippen molar-refractivity contribution in [3.05, 3.63) is 12.2 Å². The molecule has 0 aromatic rings. The Labute approximate surface area is 184 Å². The number of Topliss-reactive ketones (excluding diaryl/α,β-unsaturated/α-hetero) is 1. The number of aliphatic hydroxyl groups excluding tert-OH is 2. The molecule has 3 aliphatic carbocycles. The lowest BCUT2D eigenvalue weighted by molar-refractivity contribution is -0.266. The van der Waals surface area contributed by atoms with Crippen molar-refractivity contribution in [3.8, 4) is 0 Å². The topological polar surface area (TPSA) is 110 Å². The van der Waals surface area contributed by atoms with Crippen molar-refractivity contribution < 1.29 is 34.1 Å². The second-order valence-corrected chi connectivity index (χ2v) is 10.9. The summed E-state index contributed by atoms with van der Waals surface area (Å²) in [4.78, 5) is 38.9. The maximum atomic E-state index is 13.2. The maximum Gasteiger partial charge on any atom is 0.316 e. The quantitative estimate of drug-likeness (QED) is 0.505. The Kier molecular flexibility index (Phi) is 5.51. The van der Waals surface area contributed by atoms with Crippen LogP contribution in [0.4, 0.5) is 0 Å². The Morgan fingerprint density at radius 2 is 1.65 bits per heavy atom. The summed E-state index contributed by atoms with van der Waals surface area (Å²) in [5, 5.41) is 22.9. The Balaban J connectivity index is 2.29. The van der Waals surface area contributed by atoms with E-state index in [4.69, 9.17) is 9.47 Å². The number of hydrogen-bond donors (Lipinski definition) is 2. The molecule has 0 aromatic heterocycles. The molecule has 0 bridgehead atoms. The smallest absolute Gasteiger partial charge is 0.316 e. The molecule has 3 aliphatic rings. The zero-order valence-electron chi connectivity index (χ0n) is 19.7. The molecule has 2 N–H and O–H groups in total. The van der Waals surface area contributed by atoms with Gasteiger partial charge in [-0.1, -0.05) is 39.8 Å². The average molecular weight is 437 g/mol. The predicted molar refractivity (Wildman–Crippen MR) is 113 cm³/mol. The van der Waals surface area contributed by atoms with Gasteiger partial charge in [-0.2, -0.15) is 0 Å². The van der Waals surface area contributed by atoms with Crippen molar-refractivity contribution in [1.29, 1.82) is 0 Å². The van der Waals surface area contributed by atoms with Crippen molar-refractivity contribution in [1.82, 2.24) is 0 Å². The Hall–Kier alpha value is -1.73. The molecule has 3 rings (SSSR count). The van der Waals surface area contributed by atoms with Crippen molar-refractivity contribution in [2.45, 2.75) is 66.1 Å². The fourth-order valence-electron chi connectivity index (χ4n) is 7.72. The van der Waals surface area contributed by atoms with Crippen LogP contribution in [0.25, 0.3) is 0 Å². The molecule has 0 saturated heterocycles. The van der Waals surface area contributed by atoms with Crippen molar-refractivity contribution in [2.75, 3.05) is 14.2 Å². The minimum Gasteiger partial charge on any atom is -0.469 e. The number of ketones is 1. The fraction of sp³-hybridized carbons (Fsp3) is 0.792. The van der Waals surface area contributed by atoms with Crippen LogP contribution in [0.2, 0.25) is 0 Å². The second kappa shape index (κ2) is 7.14. The van der Waals surface area contributed by atoms with Gasteiger partial charge in [-0.25, -0.2) is 0 Å². The van der Waals surface area contributed by atoms with Crippen LogP contribution in [0.5, 0.6) is 0 Å². The van der Waals surface area contributed by atoms with E-state index in [1.807, 2.05) is 20.8 Å². The van der Waals surface area contributed by atoms with Gasteiger partial charge in [0, 0.05) is 23.2 Å². The number of hydrogen-bond acceptors (Lipinski definition) is 7. The van der Waals surface area contributed by atoms with Gasteiger partial charge in [0.2, 0.25) is 0 Å². The number of rotatable bonds is 2. The summed E-state index contributed by atoms with van der Waals surface area (Å²) in [5.41, 5.74) is -3.47. The highest BCUT2D eigenvalue weighted by Gasteiger charge is 2.74. The van der Waals surface area contributed by atoms with Gasteiger partial charge >= 0.3 is 11.9 Å². The number of fused-ring (bicyclic) bond motifs is 3. The first-order valence-electron chi connectivity index (χ1n) is 10.9. The normalized spacial score (nSPS) is 46.5. The van der Waals surface area contributed by atoms with Gasteiger partial charge < -0.3 is 19.7 Å². The molecule has 7 nitrogen and oxygen atoms in total. The minimum absolute atomic E-state index is 0.0587. The van der Waals surface area contributed by atoms with Crippen LogP contribution in [0.15, 0.2) is 12.2 Å². The Morgan fingerprint density at radius 1 is 1.06 bits per heavy atom. The van der Waals surface area contributed by atoms with Crippen molar-refractivity contribution >= 4 is 17.7 Å².